The number of carbonyl (C=O) groups excluding carboxylic acids is 1. The van der Waals surface area contributed by atoms with E-state index in [9.17, 15) is 14.9 Å². The largest absolute Gasteiger partial charge is 0.495 e. The summed E-state index contributed by atoms with van der Waals surface area (Å²) in [5.41, 5.74) is 1.14. The van der Waals surface area contributed by atoms with E-state index in [-0.39, 0.29) is 23.4 Å². The molecule has 0 radical (unpaired) electrons. The van der Waals surface area contributed by atoms with Gasteiger partial charge in [-0.1, -0.05) is 23.7 Å². The Morgan fingerprint density at radius 2 is 2.07 bits per heavy atom. The van der Waals surface area contributed by atoms with Crippen molar-refractivity contribution in [3.63, 3.8) is 0 Å². The Labute approximate surface area is 173 Å². The average Bonchev–Trinajstić information content (AvgIpc) is 2.73. The molecule has 0 spiro atoms. The fraction of sp³-hybridized carbons (Fsp3) is 0.350. The second kappa shape index (κ2) is 9.21. The number of methoxy groups -OCH3 is 1. The van der Waals surface area contributed by atoms with Crippen molar-refractivity contribution >= 4 is 28.9 Å². The molecule has 1 aliphatic rings. The van der Waals surface area contributed by atoms with Gasteiger partial charge in [0.2, 0.25) is 5.91 Å². The van der Waals surface area contributed by atoms with Crippen molar-refractivity contribution in [2.45, 2.75) is 19.1 Å². The van der Waals surface area contributed by atoms with E-state index < -0.39 is 11.0 Å². The third-order valence-corrected chi connectivity index (χ3v) is 5.17. The van der Waals surface area contributed by atoms with Gasteiger partial charge >= 0.3 is 0 Å². The van der Waals surface area contributed by atoms with Gasteiger partial charge in [-0.2, -0.15) is 0 Å². The number of morpholine rings is 1. The maximum atomic E-state index is 12.8. The molecule has 2 atom stereocenters. The molecule has 8 nitrogen and oxygen atoms in total. The predicted octanol–water partition coefficient (Wildman–Crippen LogP) is 3.66. The lowest BCUT2D eigenvalue weighted by molar-refractivity contribution is -0.384. The minimum atomic E-state index is -0.517. The van der Waals surface area contributed by atoms with Gasteiger partial charge in [0.05, 0.1) is 36.5 Å². The van der Waals surface area contributed by atoms with Crippen molar-refractivity contribution in [3.05, 3.63) is 63.2 Å². The predicted molar refractivity (Wildman–Crippen MR) is 109 cm³/mol. The van der Waals surface area contributed by atoms with Gasteiger partial charge in [-0.25, -0.2) is 0 Å². The molecule has 0 aromatic heterocycles. The zero-order valence-corrected chi connectivity index (χ0v) is 16.9. The smallest absolute Gasteiger partial charge is 0.271 e. The quantitative estimate of drug-likeness (QED) is 0.567. The SMILES string of the molecule is COc1ccc([N+](=O)[O-])cc1NC(=O)[C@H](C)N1CCO[C@H](c2ccc(Cl)cc2)C1. The van der Waals surface area contributed by atoms with Gasteiger partial charge in [-0.15, -0.1) is 0 Å². The van der Waals surface area contributed by atoms with E-state index in [0.717, 1.165) is 5.56 Å². The number of non-ortho nitro benzene ring substituents is 1. The summed E-state index contributed by atoms with van der Waals surface area (Å²) in [5.74, 6) is 0.0812. The van der Waals surface area contributed by atoms with Gasteiger partial charge < -0.3 is 14.8 Å². The van der Waals surface area contributed by atoms with Crippen LogP contribution >= 0.6 is 11.6 Å². The van der Waals surface area contributed by atoms with Crippen LogP contribution < -0.4 is 10.1 Å². The monoisotopic (exact) mass is 419 g/mol. The van der Waals surface area contributed by atoms with Crippen LogP contribution in [0.5, 0.6) is 5.75 Å². The Balaban J connectivity index is 1.70. The average molecular weight is 420 g/mol. The van der Waals surface area contributed by atoms with Crippen LogP contribution in [0.2, 0.25) is 5.02 Å². The molecule has 1 fully saturated rings. The first kappa shape index (κ1) is 21.0. The molecule has 9 heteroatoms. The Hall–Kier alpha value is -2.68. The molecule has 1 amide bonds. The summed E-state index contributed by atoms with van der Waals surface area (Å²) < 4.78 is 11.1. The van der Waals surface area contributed by atoms with Crippen molar-refractivity contribution in [1.82, 2.24) is 4.90 Å². The molecule has 0 unspecified atom stereocenters. The van der Waals surface area contributed by atoms with E-state index in [2.05, 4.69) is 5.32 Å². The lowest BCUT2D eigenvalue weighted by Crippen LogP contribution is -2.48. The number of hydrogen-bond donors (Lipinski definition) is 1. The molecule has 3 rings (SSSR count). The minimum Gasteiger partial charge on any atom is -0.495 e. The van der Waals surface area contributed by atoms with E-state index in [4.69, 9.17) is 21.1 Å². The number of nitro benzene ring substituents is 1. The van der Waals surface area contributed by atoms with Gasteiger partial charge in [0.25, 0.3) is 5.69 Å². The molecule has 0 saturated carbocycles. The molecule has 1 heterocycles. The highest BCUT2D eigenvalue weighted by molar-refractivity contribution is 6.30. The number of benzene rings is 2. The van der Waals surface area contributed by atoms with E-state index in [1.54, 1.807) is 6.92 Å². The van der Waals surface area contributed by atoms with E-state index in [1.165, 1.54) is 25.3 Å². The number of hydrogen-bond acceptors (Lipinski definition) is 6. The topological polar surface area (TPSA) is 93.9 Å². The fourth-order valence-electron chi connectivity index (χ4n) is 3.21. The molecule has 0 bridgehead atoms. The van der Waals surface area contributed by atoms with Gasteiger partial charge in [-0.05, 0) is 30.7 Å². The summed E-state index contributed by atoms with van der Waals surface area (Å²) >= 11 is 5.95. The summed E-state index contributed by atoms with van der Waals surface area (Å²) in [6.07, 6.45) is -0.163. The number of nitrogens with one attached hydrogen (secondary N) is 1. The van der Waals surface area contributed by atoms with Crippen LogP contribution in [-0.4, -0.2) is 48.6 Å². The van der Waals surface area contributed by atoms with Crippen LogP contribution in [0.15, 0.2) is 42.5 Å². The van der Waals surface area contributed by atoms with Crippen molar-refractivity contribution in [2.24, 2.45) is 0 Å². The zero-order valence-electron chi connectivity index (χ0n) is 16.1. The molecule has 0 aliphatic carbocycles. The molecule has 2 aromatic rings. The normalized spacial score (nSPS) is 18.1. The number of nitrogens with zero attached hydrogens (tertiary/aromatic N) is 2. The van der Waals surface area contributed by atoms with Gasteiger partial charge in [0.1, 0.15) is 5.75 Å². The highest BCUT2D eigenvalue weighted by atomic mass is 35.5. The van der Waals surface area contributed by atoms with Crippen LogP contribution in [0.3, 0.4) is 0 Å². The summed E-state index contributed by atoms with van der Waals surface area (Å²) in [7, 11) is 1.44. The Bertz CT molecular complexity index is 890. The fourth-order valence-corrected chi connectivity index (χ4v) is 3.34. The molecule has 1 aliphatic heterocycles. The Morgan fingerprint density at radius 3 is 2.72 bits per heavy atom. The minimum absolute atomic E-state index is 0.122. The molecular weight excluding hydrogens is 398 g/mol. The maximum absolute atomic E-state index is 12.8. The summed E-state index contributed by atoms with van der Waals surface area (Å²) in [5, 5.41) is 14.4. The number of amides is 1. The van der Waals surface area contributed by atoms with Crippen molar-refractivity contribution in [2.75, 3.05) is 32.1 Å². The molecule has 1 N–H and O–H groups in total. The second-order valence-corrected chi connectivity index (χ2v) is 7.15. The summed E-state index contributed by atoms with van der Waals surface area (Å²) in [4.78, 5) is 25.3. The van der Waals surface area contributed by atoms with Crippen LogP contribution in [-0.2, 0) is 9.53 Å². The lowest BCUT2D eigenvalue weighted by Gasteiger charge is -2.36. The zero-order chi connectivity index (χ0) is 21.0. The third kappa shape index (κ3) is 5.03. The van der Waals surface area contributed by atoms with Crippen LogP contribution in [0, 0.1) is 10.1 Å². The standard InChI is InChI=1S/C20H22ClN3O5/c1-13(20(25)22-17-11-16(24(26)27)7-8-18(17)28-2)23-9-10-29-19(12-23)14-3-5-15(21)6-4-14/h3-8,11,13,19H,9-10,12H2,1-2H3,(H,22,25)/t13-,19-/m0/s1. The van der Waals surface area contributed by atoms with E-state index in [1.807, 2.05) is 29.2 Å². The number of halogens is 1. The molecule has 2 aromatic carbocycles. The third-order valence-electron chi connectivity index (χ3n) is 4.92. The van der Waals surface area contributed by atoms with Crippen LogP contribution in [0.25, 0.3) is 0 Å². The van der Waals surface area contributed by atoms with E-state index >= 15 is 0 Å². The van der Waals surface area contributed by atoms with Crippen molar-refractivity contribution < 1.29 is 19.2 Å². The van der Waals surface area contributed by atoms with Gasteiger partial charge in [-0.3, -0.25) is 19.8 Å². The number of anilines is 1. The van der Waals surface area contributed by atoms with Crippen molar-refractivity contribution in [3.8, 4) is 5.75 Å². The summed E-state index contributed by atoms with van der Waals surface area (Å²) in [6, 6.07) is 11.1. The first-order valence-electron chi connectivity index (χ1n) is 9.13. The van der Waals surface area contributed by atoms with Gasteiger partial charge in [0.15, 0.2) is 0 Å². The highest BCUT2D eigenvalue weighted by Crippen LogP contribution is 2.30. The number of carbonyl (C=O) groups is 1. The second-order valence-electron chi connectivity index (χ2n) is 6.71. The Morgan fingerprint density at radius 1 is 1.34 bits per heavy atom. The molecule has 29 heavy (non-hydrogen) atoms. The van der Waals surface area contributed by atoms with Crippen LogP contribution in [0.4, 0.5) is 11.4 Å². The first-order chi connectivity index (χ1) is 13.9. The molecule has 1 saturated heterocycles. The van der Waals surface area contributed by atoms with Crippen LogP contribution in [0.1, 0.15) is 18.6 Å². The Kier molecular flexibility index (Phi) is 6.68. The summed E-state index contributed by atoms with van der Waals surface area (Å²) in [6.45, 7) is 3.43. The maximum Gasteiger partial charge on any atom is 0.271 e. The first-order valence-corrected chi connectivity index (χ1v) is 9.51. The van der Waals surface area contributed by atoms with Crippen molar-refractivity contribution in [1.29, 1.82) is 0 Å². The number of ether oxygens (including phenoxy) is 2. The molecular formula is C20H22ClN3O5. The molecule has 154 valence electrons. The number of nitro groups is 1. The number of rotatable bonds is 6. The lowest BCUT2D eigenvalue weighted by atomic mass is 10.1. The van der Waals surface area contributed by atoms with Gasteiger partial charge in [0, 0.05) is 30.2 Å². The highest BCUT2D eigenvalue weighted by Gasteiger charge is 2.29. The van der Waals surface area contributed by atoms with E-state index in [0.29, 0.717) is 30.5 Å².